The Morgan fingerprint density at radius 3 is 2.65 bits per heavy atom. The van der Waals surface area contributed by atoms with Crippen LogP contribution in [0, 0.1) is 20.8 Å². The number of carbonyl (C=O) groups is 1. The van der Waals surface area contributed by atoms with Gasteiger partial charge in [-0.05, 0) is 47.8 Å². The molecule has 3 aromatic rings. The predicted octanol–water partition coefficient (Wildman–Crippen LogP) is 3.24. The average Bonchev–Trinajstić information content (AvgIpc) is 3.15. The summed E-state index contributed by atoms with van der Waals surface area (Å²) < 4.78 is 4.52. The Balaban J connectivity index is 1.56. The minimum Gasteiger partial charge on any atom is -0.293 e. The maximum absolute atomic E-state index is 12.2. The van der Waals surface area contributed by atoms with Crippen LogP contribution in [-0.2, 0) is 17.9 Å². The maximum Gasteiger partial charge on any atom is 0.248 e. The monoisotopic (exact) mass is 416 g/mol. The predicted molar refractivity (Wildman–Crippen MR) is 103 cm³/mol. The lowest BCUT2D eigenvalue weighted by molar-refractivity contribution is -0.116. The Hall–Kier alpha value is -2.48. The molecule has 2 heterocycles. The average molecular weight is 417 g/mol. The van der Waals surface area contributed by atoms with Crippen molar-refractivity contribution in [2.24, 2.45) is 0 Å². The molecule has 8 heteroatoms. The Labute approximate surface area is 160 Å². The van der Waals surface area contributed by atoms with E-state index in [4.69, 9.17) is 0 Å². The van der Waals surface area contributed by atoms with Crippen LogP contribution in [-0.4, -0.2) is 30.5 Å². The third-order valence-electron chi connectivity index (χ3n) is 4.23. The first-order chi connectivity index (χ1) is 12.4. The summed E-state index contributed by atoms with van der Waals surface area (Å²) in [5.41, 5.74) is 4.30. The maximum atomic E-state index is 12.2. The first-order valence-electron chi connectivity index (χ1n) is 8.37. The normalized spacial score (nSPS) is 10.9. The Morgan fingerprint density at radius 2 is 1.96 bits per heavy atom. The molecule has 0 atom stereocenters. The van der Waals surface area contributed by atoms with Crippen molar-refractivity contribution < 1.29 is 4.79 Å². The fraction of sp³-hybridized carbons (Fsp3) is 0.333. The summed E-state index contributed by atoms with van der Waals surface area (Å²) in [6, 6.07) is 8.13. The van der Waals surface area contributed by atoms with E-state index in [2.05, 4.69) is 55.5 Å². The fourth-order valence-electron chi connectivity index (χ4n) is 2.68. The van der Waals surface area contributed by atoms with E-state index in [1.165, 1.54) is 11.1 Å². The molecule has 2 aromatic heterocycles. The first kappa shape index (κ1) is 18.3. The molecule has 0 unspecified atom stereocenters. The van der Waals surface area contributed by atoms with E-state index in [9.17, 15) is 4.79 Å². The number of aromatic nitrogens is 5. The second-order valence-electron chi connectivity index (χ2n) is 6.20. The number of benzene rings is 1. The lowest BCUT2D eigenvalue weighted by Gasteiger charge is -2.05. The van der Waals surface area contributed by atoms with Crippen molar-refractivity contribution in [1.82, 2.24) is 24.5 Å². The Morgan fingerprint density at radius 1 is 1.19 bits per heavy atom. The zero-order valence-corrected chi connectivity index (χ0v) is 16.6. The van der Waals surface area contributed by atoms with Crippen molar-refractivity contribution >= 4 is 27.8 Å². The van der Waals surface area contributed by atoms with Gasteiger partial charge in [-0.15, -0.1) is 5.10 Å². The molecule has 0 spiro atoms. The minimum atomic E-state index is -0.137. The van der Waals surface area contributed by atoms with Crippen molar-refractivity contribution in [1.29, 1.82) is 0 Å². The number of nitrogens with one attached hydrogen (secondary N) is 1. The highest BCUT2D eigenvalue weighted by Crippen LogP contribution is 2.19. The highest BCUT2D eigenvalue weighted by Gasteiger charge is 2.11. The Bertz CT molecular complexity index is 930. The van der Waals surface area contributed by atoms with Crippen LogP contribution in [0.15, 0.2) is 35.1 Å². The summed E-state index contributed by atoms with van der Waals surface area (Å²) in [6.07, 6.45) is 1.93. The highest BCUT2D eigenvalue weighted by molar-refractivity contribution is 9.10. The summed E-state index contributed by atoms with van der Waals surface area (Å²) >= 11 is 3.49. The SMILES string of the molecule is Cc1ccccc1Cn1cnc(NC(=O)CCn2nc(C)c(Br)c2C)n1. The minimum absolute atomic E-state index is 0.137. The van der Waals surface area contributed by atoms with E-state index in [-0.39, 0.29) is 5.91 Å². The van der Waals surface area contributed by atoms with Crippen molar-refractivity contribution in [3.05, 3.63) is 57.6 Å². The molecule has 0 aliphatic heterocycles. The van der Waals surface area contributed by atoms with E-state index in [0.717, 1.165) is 15.9 Å². The van der Waals surface area contributed by atoms with Gasteiger partial charge in [0.05, 0.1) is 23.3 Å². The molecule has 1 aromatic carbocycles. The molecule has 0 saturated heterocycles. The van der Waals surface area contributed by atoms with Crippen molar-refractivity contribution in [3.8, 4) is 0 Å². The number of nitrogens with zero attached hydrogens (tertiary/aromatic N) is 5. The number of hydrogen-bond donors (Lipinski definition) is 1. The lowest BCUT2D eigenvalue weighted by Crippen LogP contribution is -2.16. The zero-order valence-electron chi connectivity index (χ0n) is 15.0. The molecule has 1 amide bonds. The van der Waals surface area contributed by atoms with Crippen LogP contribution in [0.4, 0.5) is 5.95 Å². The topological polar surface area (TPSA) is 77.6 Å². The van der Waals surface area contributed by atoms with Crippen LogP contribution in [0.5, 0.6) is 0 Å². The first-order valence-corrected chi connectivity index (χ1v) is 9.16. The van der Waals surface area contributed by atoms with E-state index < -0.39 is 0 Å². The number of anilines is 1. The number of hydrogen-bond acceptors (Lipinski definition) is 4. The highest BCUT2D eigenvalue weighted by atomic mass is 79.9. The number of rotatable bonds is 6. The number of carbonyl (C=O) groups excluding carboxylic acids is 1. The number of halogens is 1. The lowest BCUT2D eigenvalue weighted by atomic mass is 10.1. The van der Waals surface area contributed by atoms with Crippen LogP contribution >= 0.6 is 15.9 Å². The summed E-state index contributed by atoms with van der Waals surface area (Å²) in [5, 5.41) is 11.5. The van der Waals surface area contributed by atoms with E-state index >= 15 is 0 Å². The fourth-order valence-corrected chi connectivity index (χ4v) is 2.96. The van der Waals surface area contributed by atoms with E-state index in [0.29, 0.717) is 25.5 Å². The van der Waals surface area contributed by atoms with Crippen LogP contribution in [0.1, 0.15) is 28.9 Å². The molecule has 7 nitrogen and oxygen atoms in total. The number of aryl methyl sites for hydroxylation is 3. The molecule has 3 rings (SSSR count). The molecule has 26 heavy (non-hydrogen) atoms. The molecule has 0 aliphatic rings. The van der Waals surface area contributed by atoms with Gasteiger partial charge in [0, 0.05) is 12.1 Å². The molecule has 136 valence electrons. The molecule has 0 bridgehead atoms. The van der Waals surface area contributed by atoms with Gasteiger partial charge in [-0.1, -0.05) is 24.3 Å². The van der Waals surface area contributed by atoms with Crippen molar-refractivity contribution in [3.63, 3.8) is 0 Å². The smallest absolute Gasteiger partial charge is 0.248 e. The van der Waals surface area contributed by atoms with Gasteiger partial charge in [-0.2, -0.15) is 5.10 Å². The van der Waals surface area contributed by atoms with Crippen molar-refractivity contribution in [2.75, 3.05) is 5.32 Å². The van der Waals surface area contributed by atoms with Gasteiger partial charge in [0.15, 0.2) is 0 Å². The molecule has 0 saturated carbocycles. The molecule has 0 aliphatic carbocycles. The summed E-state index contributed by atoms with van der Waals surface area (Å²) in [5.74, 6) is 0.181. The zero-order chi connectivity index (χ0) is 18.7. The molecular formula is C18H21BrN6O. The van der Waals surface area contributed by atoms with Gasteiger partial charge >= 0.3 is 0 Å². The summed E-state index contributed by atoms with van der Waals surface area (Å²) in [4.78, 5) is 16.3. The van der Waals surface area contributed by atoms with Gasteiger partial charge in [0.25, 0.3) is 0 Å². The Kier molecular flexibility index (Phi) is 5.51. The largest absolute Gasteiger partial charge is 0.293 e. The third kappa shape index (κ3) is 4.19. The third-order valence-corrected chi connectivity index (χ3v) is 5.37. The van der Waals surface area contributed by atoms with Crippen LogP contribution in [0.25, 0.3) is 0 Å². The van der Waals surface area contributed by atoms with Crippen LogP contribution in [0.2, 0.25) is 0 Å². The molecule has 1 N–H and O–H groups in total. The van der Waals surface area contributed by atoms with E-state index in [1.807, 2.05) is 30.7 Å². The van der Waals surface area contributed by atoms with Crippen molar-refractivity contribution in [2.45, 2.75) is 40.3 Å². The quantitative estimate of drug-likeness (QED) is 0.668. The molecule has 0 radical (unpaired) electrons. The summed E-state index contributed by atoms with van der Waals surface area (Å²) in [7, 11) is 0. The second-order valence-corrected chi connectivity index (χ2v) is 6.99. The van der Waals surface area contributed by atoms with Gasteiger partial charge in [-0.25, -0.2) is 9.67 Å². The molecule has 0 fully saturated rings. The summed E-state index contributed by atoms with van der Waals surface area (Å²) in [6.45, 7) is 7.09. The van der Waals surface area contributed by atoms with E-state index in [1.54, 1.807) is 11.0 Å². The second kappa shape index (κ2) is 7.82. The van der Waals surface area contributed by atoms with Gasteiger partial charge in [-0.3, -0.25) is 14.8 Å². The van der Waals surface area contributed by atoms with Gasteiger partial charge < -0.3 is 0 Å². The van der Waals surface area contributed by atoms with Crippen LogP contribution < -0.4 is 5.32 Å². The number of amides is 1. The van der Waals surface area contributed by atoms with Gasteiger partial charge in [0.1, 0.15) is 6.33 Å². The van der Waals surface area contributed by atoms with Gasteiger partial charge in [0.2, 0.25) is 11.9 Å². The van der Waals surface area contributed by atoms with Crippen LogP contribution in [0.3, 0.4) is 0 Å². The standard InChI is InChI=1S/C18H21BrN6O/c1-12-6-4-5-7-15(12)10-24-11-20-18(23-24)21-16(26)8-9-25-14(3)17(19)13(2)22-25/h4-7,11H,8-10H2,1-3H3,(H,21,23,26). The molecular weight excluding hydrogens is 396 g/mol.